The van der Waals surface area contributed by atoms with Crippen molar-refractivity contribution in [1.82, 2.24) is 29.9 Å². The molecule has 2 aromatic heterocycles. The van der Waals surface area contributed by atoms with Crippen LogP contribution < -0.4 is 0 Å². The summed E-state index contributed by atoms with van der Waals surface area (Å²) in [7, 11) is 0. The Labute approximate surface area is 163 Å². The molecule has 1 aliphatic heterocycles. The standard InChI is InChI=1S/C20H25FN6O/c1-4-18-22-19(24-23-18)11-26-9-10-28-12-17(26)20-13(2)25-27(14(20)3)16-8-6-5-7-15(16)21/h5-8,17H,4,9-12H2,1-3H3,(H,22,23,24). The van der Waals surface area contributed by atoms with Crippen molar-refractivity contribution >= 4 is 0 Å². The van der Waals surface area contributed by atoms with E-state index in [9.17, 15) is 4.39 Å². The molecule has 8 heteroatoms. The van der Waals surface area contributed by atoms with Crippen molar-refractivity contribution < 1.29 is 9.13 Å². The Morgan fingerprint density at radius 2 is 2.11 bits per heavy atom. The van der Waals surface area contributed by atoms with Crippen molar-refractivity contribution in [3.05, 3.63) is 58.7 Å². The number of benzene rings is 1. The number of hydrogen-bond acceptors (Lipinski definition) is 5. The Hall–Kier alpha value is -2.58. The van der Waals surface area contributed by atoms with Gasteiger partial charge in [0.15, 0.2) is 0 Å². The van der Waals surface area contributed by atoms with E-state index in [0.29, 0.717) is 25.4 Å². The minimum Gasteiger partial charge on any atom is -0.378 e. The highest BCUT2D eigenvalue weighted by Gasteiger charge is 2.31. The molecule has 1 aromatic carbocycles. The monoisotopic (exact) mass is 384 g/mol. The Bertz CT molecular complexity index is 966. The fraction of sp³-hybridized carbons (Fsp3) is 0.450. The van der Waals surface area contributed by atoms with Crippen LogP contribution in [0.5, 0.6) is 0 Å². The summed E-state index contributed by atoms with van der Waals surface area (Å²) >= 11 is 0. The van der Waals surface area contributed by atoms with Gasteiger partial charge in [-0.05, 0) is 26.0 Å². The van der Waals surface area contributed by atoms with Gasteiger partial charge in [0.05, 0.1) is 31.5 Å². The van der Waals surface area contributed by atoms with E-state index in [1.807, 2.05) is 26.8 Å². The average molecular weight is 384 g/mol. The van der Waals surface area contributed by atoms with Gasteiger partial charge in [-0.25, -0.2) is 14.1 Å². The van der Waals surface area contributed by atoms with Gasteiger partial charge in [-0.1, -0.05) is 19.1 Å². The second kappa shape index (κ2) is 7.81. The lowest BCUT2D eigenvalue weighted by molar-refractivity contribution is -0.0142. The van der Waals surface area contributed by atoms with E-state index < -0.39 is 0 Å². The van der Waals surface area contributed by atoms with Crippen molar-refractivity contribution in [2.75, 3.05) is 19.8 Å². The van der Waals surface area contributed by atoms with Gasteiger partial charge in [0, 0.05) is 24.2 Å². The van der Waals surface area contributed by atoms with E-state index in [4.69, 9.17) is 4.74 Å². The number of ether oxygens (including phenoxy) is 1. The summed E-state index contributed by atoms with van der Waals surface area (Å²) in [5.74, 6) is 1.38. The molecule has 0 aliphatic carbocycles. The Morgan fingerprint density at radius 1 is 1.29 bits per heavy atom. The van der Waals surface area contributed by atoms with E-state index in [-0.39, 0.29) is 11.9 Å². The van der Waals surface area contributed by atoms with Gasteiger partial charge in [0.2, 0.25) is 0 Å². The SMILES string of the molecule is CCc1n[nH]c(CN2CCOCC2c2c(C)nn(-c3ccccc3F)c2C)n1. The summed E-state index contributed by atoms with van der Waals surface area (Å²) in [5.41, 5.74) is 3.35. The molecule has 28 heavy (non-hydrogen) atoms. The van der Waals surface area contributed by atoms with E-state index in [0.717, 1.165) is 41.6 Å². The number of hydrogen-bond donors (Lipinski definition) is 1. The summed E-state index contributed by atoms with van der Waals surface area (Å²) in [4.78, 5) is 6.87. The van der Waals surface area contributed by atoms with Gasteiger partial charge in [0.25, 0.3) is 0 Å². The van der Waals surface area contributed by atoms with Crippen molar-refractivity contribution in [2.24, 2.45) is 0 Å². The largest absolute Gasteiger partial charge is 0.378 e. The summed E-state index contributed by atoms with van der Waals surface area (Å²) in [5, 5.41) is 11.9. The molecule has 1 saturated heterocycles. The van der Waals surface area contributed by atoms with Crippen LogP contribution >= 0.6 is 0 Å². The Balaban J connectivity index is 1.67. The summed E-state index contributed by atoms with van der Waals surface area (Å²) in [6.45, 7) is 8.67. The lowest BCUT2D eigenvalue weighted by Crippen LogP contribution is -2.39. The highest BCUT2D eigenvalue weighted by Crippen LogP contribution is 2.31. The predicted molar refractivity (Wildman–Crippen MR) is 103 cm³/mol. The van der Waals surface area contributed by atoms with Crippen LogP contribution in [0, 0.1) is 19.7 Å². The quantitative estimate of drug-likeness (QED) is 0.732. The average Bonchev–Trinajstić information content (AvgIpc) is 3.27. The number of H-pyrrole nitrogens is 1. The van der Waals surface area contributed by atoms with Crippen LogP contribution in [-0.2, 0) is 17.7 Å². The number of rotatable bonds is 5. The number of morpholine rings is 1. The van der Waals surface area contributed by atoms with Gasteiger partial charge in [-0.15, -0.1) is 0 Å². The molecule has 0 bridgehead atoms. The van der Waals surface area contributed by atoms with E-state index in [1.165, 1.54) is 6.07 Å². The number of aromatic amines is 1. The van der Waals surface area contributed by atoms with Crippen molar-refractivity contribution in [1.29, 1.82) is 0 Å². The fourth-order valence-corrected chi connectivity index (χ4v) is 3.84. The minimum atomic E-state index is -0.287. The molecule has 0 amide bonds. The van der Waals surface area contributed by atoms with E-state index >= 15 is 0 Å². The highest BCUT2D eigenvalue weighted by atomic mass is 19.1. The van der Waals surface area contributed by atoms with Gasteiger partial charge in [0.1, 0.15) is 23.2 Å². The molecule has 1 fully saturated rings. The maximum Gasteiger partial charge on any atom is 0.150 e. The molecular weight excluding hydrogens is 359 g/mol. The van der Waals surface area contributed by atoms with Crippen molar-refractivity contribution in [3.8, 4) is 5.69 Å². The van der Waals surface area contributed by atoms with Crippen LogP contribution in [-0.4, -0.2) is 49.6 Å². The summed E-state index contributed by atoms with van der Waals surface area (Å²) in [6, 6.07) is 6.74. The first-order valence-corrected chi connectivity index (χ1v) is 9.61. The number of halogens is 1. The van der Waals surface area contributed by atoms with Gasteiger partial charge in [-0.2, -0.15) is 10.2 Å². The molecule has 0 radical (unpaired) electrons. The molecule has 7 nitrogen and oxygen atoms in total. The normalized spacial score (nSPS) is 17.9. The first-order chi connectivity index (χ1) is 13.6. The molecule has 0 saturated carbocycles. The van der Waals surface area contributed by atoms with Crippen LogP contribution in [0.1, 0.15) is 41.6 Å². The molecule has 148 valence electrons. The van der Waals surface area contributed by atoms with Crippen LogP contribution in [0.15, 0.2) is 24.3 Å². The fourth-order valence-electron chi connectivity index (χ4n) is 3.84. The number of nitrogens with one attached hydrogen (secondary N) is 1. The van der Waals surface area contributed by atoms with E-state index in [1.54, 1.807) is 16.8 Å². The molecule has 3 heterocycles. The molecule has 1 N–H and O–H groups in total. The minimum absolute atomic E-state index is 0.0319. The van der Waals surface area contributed by atoms with Gasteiger partial charge < -0.3 is 4.74 Å². The first kappa shape index (κ1) is 18.8. The molecular formula is C20H25FN6O. The van der Waals surface area contributed by atoms with Gasteiger partial charge >= 0.3 is 0 Å². The Kier molecular flexibility index (Phi) is 5.23. The molecule has 1 atom stereocenters. The molecule has 0 spiro atoms. The third-order valence-corrected chi connectivity index (χ3v) is 5.25. The molecule has 4 rings (SSSR count). The maximum atomic E-state index is 14.3. The van der Waals surface area contributed by atoms with E-state index in [2.05, 4.69) is 25.2 Å². The maximum absolute atomic E-state index is 14.3. The van der Waals surface area contributed by atoms with Crippen LogP contribution in [0.3, 0.4) is 0 Å². The zero-order valence-corrected chi connectivity index (χ0v) is 16.4. The van der Waals surface area contributed by atoms with Crippen LogP contribution in [0.25, 0.3) is 5.69 Å². The molecule has 1 aliphatic rings. The van der Waals surface area contributed by atoms with Gasteiger partial charge in [-0.3, -0.25) is 10.00 Å². The van der Waals surface area contributed by atoms with Crippen LogP contribution in [0.2, 0.25) is 0 Å². The predicted octanol–water partition coefficient (Wildman–Crippen LogP) is 2.88. The van der Waals surface area contributed by atoms with Crippen molar-refractivity contribution in [3.63, 3.8) is 0 Å². The third-order valence-electron chi connectivity index (χ3n) is 5.25. The highest BCUT2D eigenvalue weighted by molar-refractivity contribution is 5.39. The molecule has 1 unspecified atom stereocenters. The second-order valence-electron chi connectivity index (χ2n) is 7.06. The number of aromatic nitrogens is 5. The Morgan fingerprint density at radius 3 is 2.86 bits per heavy atom. The number of aryl methyl sites for hydroxylation is 2. The smallest absolute Gasteiger partial charge is 0.150 e. The third kappa shape index (κ3) is 3.45. The van der Waals surface area contributed by atoms with Crippen LogP contribution in [0.4, 0.5) is 4.39 Å². The lowest BCUT2D eigenvalue weighted by Gasteiger charge is -2.35. The molecule has 3 aromatic rings. The topological polar surface area (TPSA) is 71.9 Å². The number of para-hydroxylation sites is 1. The summed E-state index contributed by atoms with van der Waals surface area (Å²) < 4.78 is 21.8. The first-order valence-electron chi connectivity index (χ1n) is 9.61. The lowest BCUT2D eigenvalue weighted by atomic mass is 10.0. The summed E-state index contributed by atoms with van der Waals surface area (Å²) in [6.07, 6.45) is 0.802. The zero-order chi connectivity index (χ0) is 19.7. The second-order valence-corrected chi connectivity index (χ2v) is 7.06. The zero-order valence-electron chi connectivity index (χ0n) is 16.4. The number of nitrogens with zero attached hydrogens (tertiary/aromatic N) is 5. The van der Waals surface area contributed by atoms with Crippen molar-refractivity contribution in [2.45, 2.75) is 39.8 Å².